The van der Waals surface area contributed by atoms with Crippen molar-refractivity contribution in [2.75, 3.05) is 50.5 Å². The van der Waals surface area contributed by atoms with E-state index in [1.165, 1.54) is 9.60 Å². The second kappa shape index (κ2) is 6.90. The van der Waals surface area contributed by atoms with Gasteiger partial charge in [-0.3, -0.25) is 4.79 Å². The van der Waals surface area contributed by atoms with Crippen molar-refractivity contribution < 1.29 is 9.53 Å². The van der Waals surface area contributed by atoms with Crippen molar-refractivity contribution in [2.24, 2.45) is 5.92 Å². The molecule has 2 fully saturated rings. The van der Waals surface area contributed by atoms with Crippen molar-refractivity contribution in [3.8, 4) is 0 Å². The molecule has 24 heavy (non-hydrogen) atoms. The van der Waals surface area contributed by atoms with E-state index in [1.54, 1.807) is 23.1 Å². The number of fused-ring (bicyclic) bond motifs is 1. The third-order valence-electron chi connectivity index (χ3n) is 4.72. The molecule has 0 bridgehead atoms. The van der Waals surface area contributed by atoms with E-state index in [2.05, 4.69) is 29.4 Å². The smallest absolute Gasteiger partial charge is 0.227 e. The van der Waals surface area contributed by atoms with Crippen LogP contribution in [0.3, 0.4) is 0 Å². The summed E-state index contributed by atoms with van der Waals surface area (Å²) in [7, 11) is 0. The summed E-state index contributed by atoms with van der Waals surface area (Å²) >= 11 is 3.46. The van der Waals surface area contributed by atoms with Crippen LogP contribution in [0.15, 0.2) is 23.1 Å². The fraction of sp³-hybridized carbons (Fsp3) is 0.529. The minimum Gasteiger partial charge on any atom is -0.378 e. The molecule has 1 unspecified atom stereocenters. The molecule has 2 aliphatic rings. The number of hydrogen-bond donors (Lipinski definition) is 0. The lowest BCUT2D eigenvalue weighted by Crippen LogP contribution is -2.44. The predicted octanol–water partition coefficient (Wildman–Crippen LogP) is 2.70. The van der Waals surface area contributed by atoms with Gasteiger partial charge < -0.3 is 14.5 Å². The summed E-state index contributed by atoms with van der Waals surface area (Å²) in [4.78, 5) is 23.0. The normalized spacial score (nSPS) is 21.6. The Labute approximate surface area is 150 Å². The Hall–Kier alpha value is -1.31. The van der Waals surface area contributed by atoms with Crippen LogP contribution in [0.4, 0.5) is 5.13 Å². The van der Waals surface area contributed by atoms with E-state index < -0.39 is 0 Å². The van der Waals surface area contributed by atoms with Crippen LogP contribution >= 0.6 is 23.1 Å². The molecular weight excluding hydrogens is 342 g/mol. The van der Waals surface area contributed by atoms with Crippen LogP contribution in [-0.2, 0) is 9.53 Å². The largest absolute Gasteiger partial charge is 0.378 e. The number of hydrogen-bond acceptors (Lipinski definition) is 6. The number of carbonyl (C=O) groups excluding carboxylic acids is 1. The van der Waals surface area contributed by atoms with Gasteiger partial charge in [-0.15, -0.1) is 11.8 Å². The van der Waals surface area contributed by atoms with Gasteiger partial charge in [-0.1, -0.05) is 17.4 Å². The Kier molecular flexibility index (Phi) is 4.65. The molecule has 2 aromatic rings. The van der Waals surface area contributed by atoms with Crippen molar-refractivity contribution in [1.82, 2.24) is 9.88 Å². The molecule has 5 nitrogen and oxygen atoms in total. The van der Waals surface area contributed by atoms with Crippen molar-refractivity contribution in [3.63, 3.8) is 0 Å². The predicted molar refractivity (Wildman–Crippen MR) is 99.1 cm³/mol. The molecule has 0 N–H and O–H groups in total. The molecule has 0 spiro atoms. The van der Waals surface area contributed by atoms with E-state index in [1.807, 2.05) is 4.90 Å². The summed E-state index contributed by atoms with van der Waals surface area (Å²) in [5, 5.41) is 1.05. The highest BCUT2D eigenvalue weighted by Crippen LogP contribution is 2.36. The van der Waals surface area contributed by atoms with E-state index in [9.17, 15) is 4.79 Å². The second-order valence-electron chi connectivity index (χ2n) is 6.17. The Morgan fingerprint density at radius 1 is 1.33 bits per heavy atom. The first kappa shape index (κ1) is 16.2. The van der Waals surface area contributed by atoms with Crippen LogP contribution in [-0.4, -0.2) is 61.4 Å². The third kappa shape index (κ3) is 3.00. The molecule has 1 amide bonds. The monoisotopic (exact) mass is 363 g/mol. The third-order valence-corrected chi connectivity index (χ3v) is 6.57. The maximum absolute atomic E-state index is 12.7. The fourth-order valence-corrected chi connectivity index (χ4v) is 5.04. The Morgan fingerprint density at radius 3 is 2.96 bits per heavy atom. The first-order valence-electron chi connectivity index (χ1n) is 8.31. The van der Waals surface area contributed by atoms with Gasteiger partial charge in [0.25, 0.3) is 0 Å². The lowest BCUT2D eigenvalue weighted by molar-refractivity contribution is -0.138. The molecule has 1 aromatic carbocycles. The zero-order chi connectivity index (χ0) is 16.5. The molecule has 128 valence electrons. The molecule has 1 atom stereocenters. The molecular formula is C17H21N3O2S2. The number of rotatable bonds is 3. The van der Waals surface area contributed by atoms with Gasteiger partial charge in [-0.25, -0.2) is 4.98 Å². The molecule has 0 radical (unpaired) electrons. The van der Waals surface area contributed by atoms with Crippen molar-refractivity contribution in [3.05, 3.63) is 18.2 Å². The molecule has 0 aliphatic carbocycles. The lowest BCUT2D eigenvalue weighted by Gasteiger charge is -2.29. The van der Waals surface area contributed by atoms with Gasteiger partial charge in [0, 0.05) is 31.1 Å². The number of carbonyl (C=O) groups is 1. The fourth-order valence-electron chi connectivity index (χ4n) is 3.39. The molecule has 0 saturated carbocycles. The van der Waals surface area contributed by atoms with Crippen LogP contribution in [0.2, 0.25) is 0 Å². The summed E-state index contributed by atoms with van der Waals surface area (Å²) in [5.74, 6) is 0.377. The molecule has 1 aromatic heterocycles. The number of thioether (sulfide) groups is 1. The summed E-state index contributed by atoms with van der Waals surface area (Å²) in [6, 6.07) is 6.33. The minimum absolute atomic E-state index is 0.0927. The maximum Gasteiger partial charge on any atom is 0.227 e. The van der Waals surface area contributed by atoms with E-state index >= 15 is 0 Å². The van der Waals surface area contributed by atoms with Gasteiger partial charge in [0.15, 0.2) is 5.13 Å². The van der Waals surface area contributed by atoms with Crippen LogP contribution in [0.1, 0.15) is 6.42 Å². The highest BCUT2D eigenvalue weighted by molar-refractivity contribution is 7.98. The Morgan fingerprint density at radius 2 is 2.17 bits per heavy atom. The second-order valence-corrected chi connectivity index (χ2v) is 8.03. The van der Waals surface area contributed by atoms with Gasteiger partial charge in [0.05, 0.1) is 29.3 Å². The average molecular weight is 364 g/mol. The minimum atomic E-state index is 0.0927. The summed E-state index contributed by atoms with van der Waals surface area (Å²) < 4.78 is 6.57. The number of ether oxygens (including phenoxy) is 1. The standard InChI is InChI=1S/C17H21N3O2S2/c1-23-13-3-2-4-14-15(13)18-17(24-14)20-6-5-12(11-20)16(21)19-7-9-22-10-8-19/h2-4,12H,5-11H2,1H3. The van der Waals surface area contributed by atoms with Crippen molar-refractivity contribution in [2.45, 2.75) is 11.3 Å². The lowest BCUT2D eigenvalue weighted by atomic mass is 10.1. The topological polar surface area (TPSA) is 45.7 Å². The number of amides is 1. The number of anilines is 1. The van der Waals surface area contributed by atoms with Gasteiger partial charge >= 0.3 is 0 Å². The van der Waals surface area contributed by atoms with E-state index in [-0.39, 0.29) is 11.8 Å². The zero-order valence-corrected chi connectivity index (χ0v) is 15.4. The molecule has 3 heterocycles. The number of para-hydroxylation sites is 1. The van der Waals surface area contributed by atoms with E-state index in [0.717, 1.165) is 43.2 Å². The number of morpholine rings is 1. The first-order chi connectivity index (χ1) is 11.8. The zero-order valence-electron chi connectivity index (χ0n) is 13.7. The average Bonchev–Trinajstić information content (AvgIpc) is 3.28. The highest BCUT2D eigenvalue weighted by Gasteiger charge is 2.33. The van der Waals surface area contributed by atoms with E-state index in [0.29, 0.717) is 13.2 Å². The quantitative estimate of drug-likeness (QED) is 0.785. The summed E-state index contributed by atoms with van der Waals surface area (Å²) in [6.07, 6.45) is 3.00. The first-order valence-corrected chi connectivity index (χ1v) is 10.4. The highest BCUT2D eigenvalue weighted by atomic mass is 32.2. The Bertz CT molecular complexity index is 743. The van der Waals surface area contributed by atoms with Crippen molar-refractivity contribution >= 4 is 44.4 Å². The van der Waals surface area contributed by atoms with Gasteiger partial charge in [-0.05, 0) is 24.8 Å². The van der Waals surface area contributed by atoms with E-state index in [4.69, 9.17) is 9.72 Å². The molecule has 2 saturated heterocycles. The Balaban J connectivity index is 1.49. The number of aromatic nitrogens is 1. The SMILES string of the molecule is CSc1cccc2sc(N3CCC(C(=O)N4CCOCC4)C3)nc12. The molecule has 7 heteroatoms. The van der Waals surface area contributed by atoms with Crippen LogP contribution in [0.25, 0.3) is 10.2 Å². The molecule has 4 rings (SSSR count). The van der Waals surface area contributed by atoms with Gasteiger partial charge in [-0.2, -0.15) is 0 Å². The number of benzene rings is 1. The van der Waals surface area contributed by atoms with Crippen LogP contribution in [0.5, 0.6) is 0 Å². The van der Waals surface area contributed by atoms with Gasteiger partial charge in [0.2, 0.25) is 5.91 Å². The maximum atomic E-state index is 12.7. The van der Waals surface area contributed by atoms with Crippen molar-refractivity contribution in [1.29, 1.82) is 0 Å². The summed E-state index contributed by atoms with van der Waals surface area (Å²) in [5.41, 5.74) is 1.09. The van der Waals surface area contributed by atoms with Gasteiger partial charge in [0.1, 0.15) is 0 Å². The summed E-state index contributed by atoms with van der Waals surface area (Å²) in [6.45, 7) is 4.48. The van der Waals surface area contributed by atoms with Crippen LogP contribution < -0.4 is 4.90 Å². The number of thiazole rings is 1. The van der Waals surface area contributed by atoms with Crippen LogP contribution in [0, 0.1) is 5.92 Å². The number of nitrogens with zero attached hydrogens (tertiary/aromatic N) is 3. The molecule has 2 aliphatic heterocycles.